The highest BCUT2D eigenvalue weighted by molar-refractivity contribution is 5.34. The number of benzene rings is 1. The molecule has 5 nitrogen and oxygen atoms in total. The van der Waals surface area contributed by atoms with Gasteiger partial charge >= 0.3 is 0 Å². The van der Waals surface area contributed by atoms with Gasteiger partial charge in [-0.05, 0) is 44.2 Å². The molecule has 5 heteroatoms. The zero-order chi connectivity index (χ0) is 15.1. The molecule has 0 aliphatic rings. The zero-order valence-corrected chi connectivity index (χ0v) is 12.4. The lowest BCUT2D eigenvalue weighted by Gasteiger charge is -2.21. The number of hydrogen-bond donors (Lipinski definition) is 1. The molecule has 0 bridgehead atoms. The first-order valence-electron chi connectivity index (χ1n) is 7.06. The predicted octanol–water partition coefficient (Wildman–Crippen LogP) is 2.37. The Balaban J connectivity index is 1.70. The molecule has 110 valence electrons. The molecule has 0 amide bonds. The third-order valence-electron chi connectivity index (χ3n) is 3.49. The van der Waals surface area contributed by atoms with Crippen molar-refractivity contribution >= 4 is 0 Å². The quantitative estimate of drug-likeness (QED) is 0.793. The Hall–Kier alpha value is -2.32. The van der Waals surface area contributed by atoms with Crippen LogP contribution in [-0.4, -0.2) is 29.0 Å². The lowest BCUT2D eigenvalue weighted by molar-refractivity contribution is 0.289. The molecule has 0 fully saturated rings. The maximum atomic E-state index is 8.73. The second kappa shape index (κ2) is 7.46. The Morgan fingerprint density at radius 2 is 2.10 bits per heavy atom. The molecule has 2 atom stereocenters. The van der Waals surface area contributed by atoms with Crippen LogP contribution in [0.15, 0.2) is 42.7 Å². The third kappa shape index (κ3) is 4.33. The summed E-state index contributed by atoms with van der Waals surface area (Å²) in [6, 6.07) is 11.7. The van der Waals surface area contributed by atoms with Crippen LogP contribution in [0.3, 0.4) is 0 Å². The average Bonchev–Trinajstić information content (AvgIpc) is 3.05. The van der Waals surface area contributed by atoms with Gasteiger partial charge in [-0.25, -0.2) is 0 Å². The van der Waals surface area contributed by atoms with E-state index in [0.717, 1.165) is 12.3 Å². The van der Waals surface area contributed by atoms with Crippen LogP contribution in [-0.2, 0) is 0 Å². The van der Waals surface area contributed by atoms with Gasteiger partial charge in [0.05, 0.1) is 17.7 Å². The van der Waals surface area contributed by atoms with Gasteiger partial charge < -0.3 is 10.1 Å². The minimum atomic E-state index is 0.287. The van der Waals surface area contributed by atoms with Crippen molar-refractivity contribution in [2.24, 2.45) is 0 Å². The molecule has 1 aromatic carbocycles. The Bertz CT molecular complexity index is 571. The zero-order valence-electron chi connectivity index (χ0n) is 12.4. The highest BCUT2D eigenvalue weighted by atomic mass is 16.5. The van der Waals surface area contributed by atoms with Crippen molar-refractivity contribution in [2.75, 3.05) is 13.2 Å². The minimum Gasteiger partial charge on any atom is -0.492 e. The van der Waals surface area contributed by atoms with Gasteiger partial charge in [-0.2, -0.15) is 10.4 Å². The van der Waals surface area contributed by atoms with Gasteiger partial charge in [0.25, 0.3) is 0 Å². The molecule has 0 saturated heterocycles. The van der Waals surface area contributed by atoms with E-state index in [1.807, 2.05) is 29.1 Å². The average molecular weight is 284 g/mol. The molecule has 0 saturated carbocycles. The lowest BCUT2D eigenvalue weighted by atomic mass is 10.2. The van der Waals surface area contributed by atoms with Gasteiger partial charge in [0, 0.05) is 25.0 Å². The van der Waals surface area contributed by atoms with Crippen molar-refractivity contribution in [3.8, 4) is 11.8 Å². The summed E-state index contributed by atoms with van der Waals surface area (Å²) in [5.74, 6) is 0.781. The molecule has 1 heterocycles. The molecule has 1 aromatic heterocycles. The molecule has 0 aliphatic heterocycles. The fourth-order valence-electron chi connectivity index (χ4n) is 2.00. The fraction of sp³-hybridized carbons (Fsp3) is 0.375. The van der Waals surface area contributed by atoms with E-state index in [1.54, 1.807) is 18.3 Å². The first kappa shape index (κ1) is 15.1. The van der Waals surface area contributed by atoms with Gasteiger partial charge in [-0.3, -0.25) is 4.68 Å². The summed E-state index contributed by atoms with van der Waals surface area (Å²) in [4.78, 5) is 0. The van der Waals surface area contributed by atoms with E-state index in [4.69, 9.17) is 10.00 Å². The normalized spacial score (nSPS) is 13.4. The second-order valence-corrected chi connectivity index (χ2v) is 4.95. The molecule has 1 N–H and O–H groups in total. The van der Waals surface area contributed by atoms with Crippen molar-refractivity contribution in [1.29, 1.82) is 5.26 Å². The van der Waals surface area contributed by atoms with E-state index in [1.165, 1.54) is 0 Å². The molecule has 0 aliphatic carbocycles. The van der Waals surface area contributed by atoms with Gasteiger partial charge in [0.2, 0.25) is 0 Å². The first-order chi connectivity index (χ1) is 10.2. The number of hydrogen-bond acceptors (Lipinski definition) is 4. The maximum absolute atomic E-state index is 8.73. The van der Waals surface area contributed by atoms with E-state index < -0.39 is 0 Å². The second-order valence-electron chi connectivity index (χ2n) is 4.95. The van der Waals surface area contributed by atoms with E-state index in [2.05, 4.69) is 30.3 Å². The van der Waals surface area contributed by atoms with Gasteiger partial charge in [-0.15, -0.1) is 0 Å². The predicted molar refractivity (Wildman–Crippen MR) is 81.1 cm³/mol. The van der Waals surface area contributed by atoms with Crippen molar-refractivity contribution < 1.29 is 4.74 Å². The van der Waals surface area contributed by atoms with E-state index >= 15 is 0 Å². The van der Waals surface area contributed by atoms with E-state index in [-0.39, 0.29) is 6.04 Å². The number of nitrogens with zero attached hydrogens (tertiary/aromatic N) is 3. The van der Waals surface area contributed by atoms with Crippen molar-refractivity contribution in [3.05, 3.63) is 48.3 Å². The highest BCUT2D eigenvalue weighted by Crippen LogP contribution is 2.11. The van der Waals surface area contributed by atoms with Crippen LogP contribution in [0.4, 0.5) is 0 Å². The summed E-state index contributed by atoms with van der Waals surface area (Å²) >= 11 is 0. The molecular weight excluding hydrogens is 264 g/mol. The van der Waals surface area contributed by atoms with Crippen molar-refractivity contribution in [3.63, 3.8) is 0 Å². The van der Waals surface area contributed by atoms with Gasteiger partial charge in [0.1, 0.15) is 12.4 Å². The number of aromatic nitrogens is 2. The van der Waals surface area contributed by atoms with E-state index in [0.29, 0.717) is 18.2 Å². The molecule has 2 rings (SSSR count). The monoisotopic (exact) mass is 284 g/mol. The van der Waals surface area contributed by atoms with Crippen LogP contribution in [0, 0.1) is 11.3 Å². The highest BCUT2D eigenvalue weighted by Gasteiger charge is 2.12. The summed E-state index contributed by atoms with van der Waals surface area (Å²) in [6.45, 7) is 5.61. The molecule has 2 aromatic rings. The number of rotatable bonds is 7. The Morgan fingerprint density at radius 3 is 2.71 bits per heavy atom. The molecule has 0 unspecified atom stereocenters. The van der Waals surface area contributed by atoms with Crippen LogP contribution in [0.2, 0.25) is 0 Å². The molecule has 0 spiro atoms. The fourth-order valence-corrected chi connectivity index (χ4v) is 2.00. The Morgan fingerprint density at radius 1 is 1.33 bits per heavy atom. The SMILES string of the molecule is C[C@H](NCCOc1ccc(C#N)cc1)[C@@H](C)n1cccn1. The number of ether oxygens (including phenoxy) is 1. The Labute approximate surface area is 125 Å². The summed E-state index contributed by atoms with van der Waals surface area (Å²) in [5.41, 5.74) is 0.641. The molecule has 21 heavy (non-hydrogen) atoms. The summed E-state index contributed by atoms with van der Waals surface area (Å²) < 4.78 is 7.58. The van der Waals surface area contributed by atoms with Crippen LogP contribution < -0.4 is 10.1 Å². The van der Waals surface area contributed by atoms with E-state index in [9.17, 15) is 0 Å². The van der Waals surface area contributed by atoms with Gasteiger partial charge in [-0.1, -0.05) is 0 Å². The standard InChI is InChI=1S/C16H20N4O/c1-13(14(2)20-10-3-8-19-20)18-9-11-21-16-6-4-15(12-17)5-7-16/h3-8,10,13-14,18H,9,11H2,1-2H3/t13-,14+/m0/s1. The molecular formula is C16H20N4O. The van der Waals surface area contributed by atoms with Crippen molar-refractivity contribution in [2.45, 2.75) is 25.9 Å². The maximum Gasteiger partial charge on any atom is 0.119 e. The summed E-state index contributed by atoms with van der Waals surface area (Å²) in [7, 11) is 0. The van der Waals surface area contributed by atoms with Crippen LogP contribution in [0.25, 0.3) is 0 Å². The summed E-state index contributed by atoms with van der Waals surface area (Å²) in [5, 5.41) is 16.4. The van der Waals surface area contributed by atoms with Crippen LogP contribution in [0.5, 0.6) is 5.75 Å². The number of nitrogens with one attached hydrogen (secondary N) is 1. The van der Waals surface area contributed by atoms with Crippen LogP contribution >= 0.6 is 0 Å². The molecule has 0 radical (unpaired) electrons. The van der Waals surface area contributed by atoms with Gasteiger partial charge in [0.15, 0.2) is 0 Å². The first-order valence-corrected chi connectivity index (χ1v) is 7.06. The topological polar surface area (TPSA) is 62.9 Å². The number of nitriles is 1. The Kier molecular flexibility index (Phi) is 5.35. The lowest BCUT2D eigenvalue weighted by Crippen LogP contribution is -2.36. The smallest absolute Gasteiger partial charge is 0.119 e. The third-order valence-corrected chi connectivity index (χ3v) is 3.49. The van der Waals surface area contributed by atoms with Crippen LogP contribution in [0.1, 0.15) is 25.5 Å². The largest absolute Gasteiger partial charge is 0.492 e. The minimum absolute atomic E-state index is 0.287. The van der Waals surface area contributed by atoms with Crippen molar-refractivity contribution in [1.82, 2.24) is 15.1 Å². The summed E-state index contributed by atoms with van der Waals surface area (Å²) in [6.07, 6.45) is 3.76.